The third-order valence-electron chi connectivity index (χ3n) is 2.92. The molecule has 0 aliphatic carbocycles. The van der Waals surface area contributed by atoms with Crippen LogP contribution in [-0.4, -0.2) is 27.7 Å². The number of nitrogens with one attached hydrogen (secondary N) is 1. The number of aliphatic hydroxyl groups is 1. The third kappa shape index (κ3) is 4.18. The highest BCUT2D eigenvalue weighted by Crippen LogP contribution is 2.20. The minimum Gasteiger partial charge on any atom is -0.396 e. The van der Waals surface area contributed by atoms with Crippen molar-refractivity contribution < 1.29 is 5.11 Å². The van der Waals surface area contributed by atoms with Crippen molar-refractivity contribution in [3.05, 3.63) is 41.6 Å². The normalized spacial score (nSPS) is 12.2. The van der Waals surface area contributed by atoms with E-state index in [1.165, 1.54) is 0 Å². The molecule has 0 saturated carbocycles. The average molecular weight is 292 g/mol. The summed E-state index contributed by atoms with van der Waals surface area (Å²) >= 11 is 6.06. The lowest BCUT2D eigenvalue weighted by molar-refractivity contribution is 0.282. The lowest BCUT2D eigenvalue weighted by atomic mass is 10.2. The van der Waals surface area contributed by atoms with Crippen molar-refractivity contribution in [1.29, 1.82) is 0 Å². The molecule has 0 radical (unpaired) electrons. The minimum absolute atomic E-state index is 0.200. The zero-order chi connectivity index (χ0) is 14.4. The number of hydrogen-bond acceptors (Lipinski definition) is 4. The number of aromatic nitrogens is 2. The second kappa shape index (κ2) is 7.22. The Morgan fingerprint density at radius 2 is 2.00 bits per heavy atom. The molecule has 0 spiro atoms. The summed E-state index contributed by atoms with van der Waals surface area (Å²) in [6, 6.07) is 11.7. The summed E-state index contributed by atoms with van der Waals surface area (Å²) in [6.07, 6.45) is 1.64. The van der Waals surface area contributed by atoms with E-state index in [9.17, 15) is 0 Å². The molecule has 0 amide bonds. The van der Waals surface area contributed by atoms with E-state index in [2.05, 4.69) is 15.3 Å². The molecule has 1 unspecified atom stereocenters. The van der Waals surface area contributed by atoms with Crippen molar-refractivity contribution >= 4 is 17.4 Å². The Kier molecular flexibility index (Phi) is 5.32. The number of aliphatic hydroxyl groups excluding tert-OH is 1. The molecule has 1 heterocycles. The second-order valence-electron chi connectivity index (χ2n) is 4.68. The molecule has 106 valence electrons. The zero-order valence-corrected chi connectivity index (χ0v) is 12.1. The molecule has 2 N–H and O–H groups in total. The van der Waals surface area contributed by atoms with Crippen LogP contribution >= 0.6 is 11.6 Å². The van der Waals surface area contributed by atoms with E-state index in [1.807, 2.05) is 37.3 Å². The van der Waals surface area contributed by atoms with Gasteiger partial charge in [-0.25, -0.2) is 9.97 Å². The van der Waals surface area contributed by atoms with E-state index in [-0.39, 0.29) is 12.6 Å². The molecular weight excluding hydrogens is 274 g/mol. The average Bonchev–Trinajstić information content (AvgIpc) is 2.45. The molecule has 0 bridgehead atoms. The first kappa shape index (κ1) is 14.8. The molecule has 0 aliphatic heterocycles. The van der Waals surface area contributed by atoms with Gasteiger partial charge in [-0.2, -0.15) is 0 Å². The zero-order valence-electron chi connectivity index (χ0n) is 11.4. The predicted molar refractivity (Wildman–Crippen MR) is 81.9 cm³/mol. The first-order chi connectivity index (χ1) is 9.69. The van der Waals surface area contributed by atoms with Crippen molar-refractivity contribution in [3.8, 4) is 11.4 Å². The molecule has 1 aromatic heterocycles. The van der Waals surface area contributed by atoms with Crippen LogP contribution in [0.25, 0.3) is 11.4 Å². The molecule has 2 aromatic rings. The van der Waals surface area contributed by atoms with E-state index in [0.29, 0.717) is 16.8 Å². The Morgan fingerprint density at radius 1 is 1.25 bits per heavy atom. The van der Waals surface area contributed by atoms with Crippen LogP contribution in [0.1, 0.15) is 19.8 Å². The fourth-order valence-corrected chi connectivity index (χ4v) is 2.11. The Bertz CT molecular complexity index is 548. The van der Waals surface area contributed by atoms with Gasteiger partial charge in [0.15, 0.2) is 5.82 Å². The van der Waals surface area contributed by atoms with E-state index < -0.39 is 0 Å². The molecular formula is C15H18ClN3O. The molecule has 0 aliphatic rings. The quantitative estimate of drug-likeness (QED) is 0.801. The van der Waals surface area contributed by atoms with Crippen molar-refractivity contribution in [2.24, 2.45) is 0 Å². The molecule has 2 rings (SSSR count). The smallest absolute Gasteiger partial charge is 0.163 e. The number of rotatable bonds is 6. The van der Waals surface area contributed by atoms with Crippen LogP contribution in [-0.2, 0) is 0 Å². The van der Waals surface area contributed by atoms with Gasteiger partial charge < -0.3 is 10.4 Å². The fraction of sp³-hybridized carbons (Fsp3) is 0.333. The van der Waals surface area contributed by atoms with Crippen LogP contribution in [0.4, 0.5) is 5.82 Å². The number of nitrogens with zero attached hydrogens (tertiary/aromatic N) is 2. The van der Waals surface area contributed by atoms with Gasteiger partial charge in [-0.05, 0) is 19.8 Å². The van der Waals surface area contributed by atoms with Gasteiger partial charge in [0.25, 0.3) is 0 Å². The second-order valence-corrected chi connectivity index (χ2v) is 5.06. The summed E-state index contributed by atoms with van der Waals surface area (Å²) < 4.78 is 0. The summed E-state index contributed by atoms with van der Waals surface area (Å²) in [5, 5.41) is 12.5. The van der Waals surface area contributed by atoms with Gasteiger partial charge in [-0.15, -0.1) is 0 Å². The summed E-state index contributed by atoms with van der Waals surface area (Å²) in [6.45, 7) is 2.25. The van der Waals surface area contributed by atoms with E-state index in [1.54, 1.807) is 6.07 Å². The lowest BCUT2D eigenvalue weighted by Gasteiger charge is -2.14. The summed E-state index contributed by atoms with van der Waals surface area (Å²) in [4.78, 5) is 8.73. The fourth-order valence-electron chi connectivity index (χ4n) is 1.93. The maximum Gasteiger partial charge on any atom is 0.163 e. The lowest BCUT2D eigenvalue weighted by Crippen LogP contribution is -2.16. The maximum absolute atomic E-state index is 8.84. The SMILES string of the molecule is CC(CCCO)Nc1cc(Cl)nc(-c2ccccc2)n1. The van der Waals surface area contributed by atoms with Crippen LogP contribution in [0, 0.1) is 0 Å². The molecule has 4 nitrogen and oxygen atoms in total. The highest BCUT2D eigenvalue weighted by molar-refractivity contribution is 6.29. The minimum atomic E-state index is 0.200. The molecule has 5 heteroatoms. The molecule has 0 fully saturated rings. The van der Waals surface area contributed by atoms with Gasteiger partial charge in [-0.1, -0.05) is 41.9 Å². The van der Waals surface area contributed by atoms with Crippen LogP contribution in [0.3, 0.4) is 0 Å². The van der Waals surface area contributed by atoms with Gasteiger partial charge in [-0.3, -0.25) is 0 Å². The highest BCUT2D eigenvalue weighted by Gasteiger charge is 2.08. The van der Waals surface area contributed by atoms with Crippen LogP contribution in [0.15, 0.2) is 36.4 Å². The van der Waals surface area contributed by atoms with Crippen LogP contribution in [0.5, 0.6) is 0 Å². The highest BCUT2D eigenvalue weighted by atomic mass is 35.5. The van der Waals surface area contributed by atoms with Crippen molar-refractivity contribution in [1.82, 2.24) is 9.97 Å². The van der Waals surface area contributed by atoms with E-state index >= 15 is 0 Å². The first-order valence-electron chi connectivity index (χ1n) is 6.66. The molecule has 1 aromatic carbocycles. The van der Waals surface area contributed by atoms with Gasteiger partial charge in [0.2, 0.25) is 0 Å². The Hall–Kier alpha value is -1.65. The number of hydrogen-bond donors (Lipinski definition) is 2. The molecule has 0 saturated heterocycles. The predicted octanol–water partition coefficient (Wildman–Crippen LogP) is 3.37. The number of halogens is 1. The number of benzene rings is 1. The number of anilines is 1. The Morgan fingerprint density at radius 3 is 2.70 bits per heavy atom. The standard InChI is InChI=1S/C15H18ClN3O/c1-11(6-5-9-20)17-14-10-13(16)18-15(19-14)12-7-3-2-4-8-12/h2-4,7-8,10-11,20H,5-6,9H2,1H3,(H,17,18,19). The van der Waals surface area contributed by atoms with Crippen molar-refractivity contribution in [3.63, 3.8) is 0 Å². The van der Waals surface area contributed by atoms with Crippen LogP contribution < -0.4 is 5.32 Å². The van der Waals surface area contributed by atoms with Crippen LogP contribution in [0.2, 0.25) is 5.15 Å². The Labute approximate surface area is 123 Å². The summed E-state index contributed by atoms with van der Waals surface area (Å²) in [5.41, 5.74) is 0.932. The Balaban J connectivity index is 2.17. The van der Waals surface area contributed by atoms with Gasteiger partial charge in [0.05, 0.1) is 0 Å². The first-order valence-corrected chi connectivity index (χ1v) is 7.04. The summed E-state index contributed by atoms with van der Waals surface area (Å²) in [5.74, 6) is 1.31. The monoisotopic (exact) mass is 291 g/mol. The van der Waals surface area contributed by atoms with Gasteiger partial charge >= 0.3 is 0 Å². The summed E-state index contributed by atoms with van der Waals surface area (Å²) in [7, 11) is 0. The third-order valence-corrected chi connectivity index (χ3v) is 3.11. The largest absolute Gasteiger partial charge is 0.396 e. The van der Waals surface area contributed by atoms with E-state index in [4.69, 9.17) is 16.7 Å². The van der Waals surface area contributed by atoms with Crippen molar-refractivity contribution in [2.75, 3.05) is 11.9 Å². The topological polar surface area (TPSA) is 58.0 Å². The van der Waals surface area contributed by atoms with E-state index in [0.717, 1.165) is 18.4 Å². The van der Waals surface area contributed by atoms with Gasteiger partial charge in [0, 0.05) is 24.3 Å². The molecule has 20 heavy (non-hydrogen) atoms. The van der Waals surface area contributed by atoms with Gasteiger partial charge in [0.1, 0.15) is 11.0 Å². The van der Waals surface area contributed by atoms with Crippen molar-refractivity contribution in [2.45, 2.75) is 25.8 Å². The maximum atomic E-state index is 8.84. The molecule has 1 atom stereocenters.